The van der Waals surface area contributed by atoms with Crippen molar-refractivity contribution in [3.8, 4) is 0 Å². The van der Waals surface area contributed by atoms with Crippen molar-refractivity contribution in [1.82, 2.24) is 0 Å². The lowest BCUT2D eigenvalue weighted by Crippen LogP contribution is -2.54. The molecule has 0 unspecified atom stereocenters. The molecule has 120 valence electrons. The van der Waals surface area contributed by atoms with Crippen LogP contribution in [0.1, 0.15) is 15.9 Å². The van der Waals surface area contributed by atoms with Gasteiger partial charge in [-0.25, -0.2) is 13.6 Å². The molecule has 0 aliphatic carbocycles. The predicted molar refractivity (Wildman–Crippen MR) is 69.6 cm³/mol. The van der Waals surface area contributed by atoms with Gasteiger partial charge in [0.2, 0.25) is 0 Å². The minimum atomic E-state index is -5.16. The first-order valence-electron chi connectivity index (χ1n) is 6.37. The monoisotopic (exact) mass is 329 g/mol. The van der Waals surface area contributed by atoms with E-state index in [1.165, 1.54) is 24.3 Å². The van der Waals surface area contributed by atoms with Crippen LogP contribution in [-0.4, -0.2) is 12.1 Å². The number of fused-ring (bicyclic) bond motifs is 1. The van der Waals surface area contributed by atoms with Gasteiger partial charge in [0.1, 0.15) is 11.6 Å². The second-order valence-electron chi connectivity index (χ2n) is 4.90. The molecule has 3 nitrogen and oxygen atoms in total. The van der Waals surface area contributed by atoms with Crippen LogP contribution in [0.25, 0.3) is 0 Å². The fourth-order valence-electron chi connectivity index (χ4n) is 2.36. The Labute approximate surface area is 126 Å². The first-order chi connectivity index (χ1) is 10.7. The minimum Gasteiger partial charge on any atom is -0.421 e. The summed E-state index contributed by atoms with van der Waals surface area (Å²) < 4.78 is 72.2. The van der Waals surface area contributed by atoms with E-state index in [0.29, 0.717) is 18.2 Å². The molecule has 0 spiro atoms. The first-order valence-corrected chi connectivity index (χ1v) is 6.37. The fraction of sp³-hybridized carbons (Fsp3) is 0.133. The average Bonchev–Trinajstić information content (AvgIpc) is 2.45. The number of esters is 1. The lowest BCUT2D eigenvalue weighted by molar-refractivity contribution is -0.254. The van der Waals surface area contributed by atoms with Crippen molar-refractivity contribution >= 4 is 11.7 Å². The van der Waals surface area contributed by atoms with Crippen molar-refractivity contribution in [2.45, 2.75) is 11.9 Å². The van der Waals surface area contributed by atoms with Crippen LogP contribution in [0.5, 0.6) is 0 Å². The number of para-hydroxylation sites is 1. The Balaban J connectivity index is 2.23. The van der Waals surface area contributed by atoms with E-state index >= 15 is 0 Å². The molecular weight excluding hydrogens is 321 g/mol. The Bertz CT molecular complexity index is 769. The van der Waals surface area contributed by atoms with E-state index in [4.69, 9.17) is 0 Å². The Morgan fingerprint density at radius 3 is 2.22 bits per heavy atom. The second kappa shape index (κ2) is 4.94. The quantitative estimate of drug-likeness (QED) is 0.636. The van der Waals surface area contributed by atoms with Crippen molar-refractivity contribution in [3.05, 3.63) is 65.2 Å². The Morgan fingerprint density at radius 1 is 1.00 bits per heavy atom. The summed E-state index contributed by atoms with van der Waals surface area (Å²) in [5.74, 6) is -3.69. The van der Waals surface area contributed by atoms with E-state index in [9.17, 15) is 26.7 Å². The number of benzene rings is 2. The van der Waals surface area contributed by atoms with E-state index in [2.05, 4.69) is 10.1 Å². The van der Waals surface area contributed by atoms with Crippen LogP contribution in [0.2, 0.25) is 0 Å². The minimum absolute atomic E-state index is 0.107. The predicted octanol–water partition coefficient (Wildman–Crippen LogP) is 3.96. The Kier molecular flexibility index (Phi) is 3.28. The number of carbonyl (C=O) groups excluding carboxylic acids is 1. The normalized spacial score (nSPS) is 20.5. The summed E-state index contributed by atoms with van der Waals surface area (Å²) >= 11 is 0. The van der Waals surface area contributed by atoms with Gasteiger partial charge in [-0.15, -0.1) is 0 Å². The summed E-state index contributed by atoms with van der Waals surface area (Å²) in [6, 6.07) is 6.73. The van der Waals surface area contributed by atoms with Crippen LogP contribution in [0.15, 0.2) is 42.5 Å². The maximum absolute atomic E-state index is 13.6. The molecule has 1 aliphatic rings. The van der Waals surface area contributed by atoms with Gasteiger partial charge in [-0.2, -0.15) is 13.2 Å². The van der Waals surface area contributed by atoms with Gasteiger partial charge in [0.25, 0.3) is 0 Å². The van der Waals surface area contributed by atoms with Crippen molar-refractivity contribution in [2.75, 3.05) is 5.32 Å². The van der Waals surface area contributed by atoms with Gasteiger partial charge in [-0.3, -0.25) is 0 Å². The van der Waals surface area contributed by atoms with Crippen molar-refractivity contribution in [1.29, 1.82) is 0 Å². The van der Waals surface area contributed by atoms with Gasteiger partial charge in [0.05, 0.1) is 11.3 Å². The molecule has 1 N–H and O–H groups in total. The Hall–Kier alpha value is -2.64. The maximum Gasteiger partial charge on any atom is 0.453 e. The molecule has 3 rings (SSSR count). The van der Waals surface area contributed by atoms with Gasteiger partial charge in [-0.05, 0) is 24.3 Å². The maximum atomic E-state index is 13.6. The molecule has 1 atom stereocenters. The largest absolute Gasteiger partial charge is 0.453 e. The van der Waals surface area contributed by atoms with Gasteiger partial charge in [0, 0.05) is 11.6 Å². The highest BCUT2D eigenvalue weighted by Gasteiger charge is 2.62. The zero-order valence-corrected chi connectivity index (χ0v) is 11.2. The summed E-state index contributed by atoms with van der Waals surface area (Å²) in [4.78, 5) is 11.9. The summed E-state index contributed by atoms with van der Waals surface area (Å²) in [6.07, 6.45) is -5.16. The van der Waals surface area contributed by atoms with Gasteiger partial charge < -0.3 is 10.1 Å². The third-order valence-corrected chi connectivity index (χ3v) is 3.37. The molecule has 0 saturated carbocycles. The fourth-order valence-corrected chi connectivity index (χ4v) is 2.36. The number of carbonyl (C=O) groups is 1. The highest BCUT2D eigenvalue weighted by Crippen LogP contribution is 2.46. The molecule has 2 aromatic rings. The molecular formula is C15H8F5NO2. The van der Waals surface area contributed by atoms with Gasteiger partial charge in [0.15, 0.2) is 0 Å². The highest BCUT2D eigenvalue weighted by atomic mass is 19.4. The molecule has 0 bridgehead atoms. The number of ether oxygens (including phenoxy) is 1. The molecule has 1 aliphatic heterocycles. The SMILES string of the molecule is O=C1O[C@@](c2cc(F)cc(F)c2)(C(F)(F)F)Nc2ccccc21. The summed E-state index contributed by atoms with van der Waals surface area (Å²) in [5.41, 5.74) is -4.53. The van der Waals surface area contributed by atoms with E-state index < -0.39 is 35.1 Å². The van der Waals surface area contributed by atoms with E-state index in [-0.39, 0.29) is 11.3 Å². The Morgan fingerprint density at radius 2 is 1.61 bits per heavy atom. The van der Waals surface area contributed by atoms with Crippen LogP contribution >= 0.6 is 0 Å². The van der Waals surface area contributed by atoms with Gasteiger partial charge >= 0.3 is 17.9 Å². The molecule has 0 fully saturated rings. The lowest BCUT2D eigenvalue weighted by Gasteiger charge is -2.40. The zero-order chi connectivity index (χ0) is 16.8. The number of halogens is 5. The van der Waals surface area contributed by atoms with Crippen LogP contribution < -0.4 is 5.32 Å². The van der Waals surface area contributed by atoms with E-state index in [1.807, 2.05) is 0 Å². The van der Waals surface area contributed by atoms with Gasteiger partial charge in [-0.1, -0.05) is 12.1 Å². The van der Waals surface area contributed by atoms with Crippen LogP contribution in [0.4, 0.5) is 27.6 Å². The first kappa shape index (κ1) is 15.3. The highest BCUT2D eigenvalue weighted by molar-refractivity contribution is 5.97. The molecule has 0 saturated heterocycles. The summed E-state index contributed by atoms with van der Waals surface area (Å²) in [6.45, 7) is 0. The molecule has 0 amide bonds. The standard InChI is InChI=1S/C15H8F5NO2/c16-9-5-8(6-10(17)7-9)14(15(18,19)20)21-12-4-2-1-3-11(12)13(22)23-14/h1-7,21H/t14-/m0/s1. The smallest absolute Gasteiger partial charge is 0.421 e. The van der Waals surface area contributed by atoms with E-state index in [0.717, 1.165) is 0 Å². The van der Waals surface area contributed by atoms with E-state index in [1.54, 1.807) is 0 Å². The zero-order valence-electron chi connectivity index (χ0n) is 11.2. The number of hydrogen-bond donors (Lipinski definition) is 1. The van der Waals surface area contributed by atoms with Crippen molar-refractivity contribution < 1.29 is 31.5 Å². The number of nitrogens with one attached hydrogen (secondary N) is 1. The van der Waals surface area contributed by atoms with Crippen molar-refractivity contribution in [3.63, 3.8) is 0 Å². The molecule has 1 heterocycles. The average molecular weight is 329 g/mol. The third kappa shape index (κ3) is 2.39. The number of anilines is 1. The number of alkyl halides is 3. The topological polar surface area (TPSA) is 38.3 Å². The molecule has 23 heavy (non-hydrogen) atoms. The third-order valence-electron chi connectivity index (χ3n) is 3.37. The molecule has 2 aromatic carbocycles. The number of hydrogen-bond acceptors (Lipinski definition) is 3. The second-order valence-corrected chi connectivity index (χ2v) is 4.90. The summed E-state index contributed by atoms with van der Waals surface area (Å²) in [7, 11) is 0. The molecule has 0 aromatic heterocycles. The number of cyclic esters (lactones) is 1. The van der Waals surface area contributed by atoms with Crippen LogP contribution in [-0.2, 0) is 10.5 Å². The van der Waals surface area contributed by atoms with Crippen LogP contribution in [0.3, 0.4) is 0 Å². The molecule has 0 radical (unpaired) electrons. The number of rotatable bonds is 1. The molecule has 8 heteroatoms. The van der Waals surface area contributed by atoms with Crippen molar-refractivity contribution in [2.24, 2.45) is 0 Å². The lowest BCUT2D eigenvalue weighted by atomic mass is 9.97. The van der Waals surface area contributed by atoms with Crippen LogP contribution in [0, 0.1) is 11.6 Å². The summed E-state index contributed by atoms with van der Waals surface area (Å²) in [5, 5.41) is 2.05.